The minimum absolute atomic E-state index is 0.0123. The Balaban J connectivity index is 0.000000188. The van der Waals surface area contributed by atoms with Crippen molar-refractivity contribution < 1.29 is 38.7 Å². The second kappa shape index (κ2) is 15.6. The first-order valence-electron chi connectivity index (χ1n) is 17.0. The topological polar surface area (TPSA) is 166 Å². The maximum absolute atomic E-state index is 12.8. The molecule has 268 valence electrons. The van der Waals surface area contributed by atoms with Crippen LogP contribution in [0.25, 0.3) is 0 Å². The molecule has 53 heavy (non-hydrogen) atoms. The third-order valence-corrected chi connectivity index (χ3v) is 8.86. The van der Waals surface area contributed by atoms with Gasteiger partial charge in [-0.1, -0.05) is 48.5 Å². The van der Waals surface area contributed by atoms with Gasteiger partial charge in [-0.05, 0) is 73.5 Å². The first-order chi connectivity index (χ1) is 25.6. The van der Waals surface area contributed by atoms with Crippen LogP contribution in [0.4, 0.5) is 11.4 Å². The molecule has 0 aromatic heterocycles. The van der Waals surface area contributed by atoms with E-state index in [2.05, 4.69) is 9.98 Å². The normalized spacial score (nSPS) is 16.0. The Bertz CT molecular complexity index is 2190. The molecule has 3 aliphatic heterocycles. The molecule has 0 spiro atoms. The Morgan fingerprint density at radius 3 is 1.53 bits per heavy atom. The van der Waals surface area contributed by atoms with Gasteiger partial charge in [0.05, 0.1) is 11.1 Å². The number of hydrogen-bond donors (Lipinski definition) is 1. The summed E-state index contributed by atoms with van der Waals surface area (Å²) >= 11 is 0. The van der Waals surface area contributed by atoms with Crippen LogP contribution in [0, 0.1) is 0 Å². The monoisotopic (exact) mass is 713 g/mol. The van der Waals surface area contributed by atoms with Crippen LogP contribution in [-0.2, 0) is 27.3 Å². The standard InChI is InChI=1S/C22H19N3O5.C18H16N2O3/c1-2-24-17-9-4-3-6-14(17)13-18(24)23-21(28)15-7-5-8-16(12-15)22(29)30-25-19(26)10-11-20(25)27;1-2-20-15-9-4-3-6-12(15)11-16(20)19-17(21)13-7-5-8-14(10-13)18(22)23/h3-9,12H,2,10-11,13H2,1H3;3-10H,2,11H2,1H3,(H,22,23). The summed E-state index contributed by atoms with van der Waals surface area (Å²) in [4.78, 5) is 89.1. The third-order valence-electron chi connectivity index (χ3n) is 8.86. The highest BCUT2D eigenvalue weighted by Gasteiger charge is 2.33. The molecule has 0 aliphatic carbocycles. The molecule has 1 N–H and O–H groups in total. The molecule has 0 bridgehead atoms. The van der Waals surface area contributed by atoms with Crippen molar-refractivity contribution in [3.63, 3.8) is 0 Å². The van der Waals surface area contributed by atoms with Gasteiger partial charge in [-0.3, -0.25) is 19.2 Å². The van der Waals surface area contributed by atoms with Gasteiger partial charge in [0, 0.05) is 61.3 Å². The van der Waals surface area contributed by atoms with E-state index in [1.807, 2.05) is 72.2 Å². The number of benzene rings is 4. The second-order valence-corrected chi connectivity index (χ2v) is 12.2. The molecule has 3 heterocycles. The molecule has 7 rings (SSSR count). The Morgan fingerprint density at radius 1 is 0.623 bits per heavy atom. The van der Waals surface area contributed by atoms with E-state index in [0.717, 1.165) is 29.0 Å². The number of hydrogen-bond acceptors (Lipinski definition) is 7. The lowest BCUT2D eigenvalue weighted by Crippen LogP contribution is -2.32. The lowest BCUT2D eigenvalue weighted by atomic mass is 10.1. The molecule has 0 saturated carbocycles. The van der Waals surface area contributed by atoms with Crippen LogP contribution < -0.4 is 9.80 Å². The number of carboxylic acid groups (broad SMARTS) is 1. The quantitative estimate of drug-likeness (QED) is 0.241. The van der Waals surface area contributed by atoms with E-state index in [1.165, 1.54) is 30.3 Å². The minimum atomic E-state index is -1.06. The van der Waals surface area contributed by atoms with E-state index < -0.39 is 35.6 Å². The SMILES string of the molecule is CCN1C(=NC(=O)c2cccc(C(=O)O)c2)Cc2ccccc21.CCN1C(=NC(=O)c2cccc(C(=O)ON3C(=O)CCC3=O)c2)Cc2ccccc21. The van der Waals surface area contributed by atoms with E-state index in [1.54, 1.807) is 18.2 Å². The number of aromatic carboxylic acids is 1. The van der Waals surface area contributed by atoms with E-state index in [9.17, 15) is 28.8 Å². The minimum Gasteiger partial charge on any atom is -0.478 e. The molecular weight excluding hydrogens is 678 g/mol. The summed E-state index contributed by atoms with van der Waals surface area (Å²) in [6.07, 6.45) is 1.18. The van der Waals surface area contributed by atoms with Gasteiger partial charge in [0.25, 0.3) is 23.6 Å². The number of carbonyl (C=O) groups is 6. The highest BCUT2D eigenvalue weighted by atomic mass is 16.7. The van der Waals surface area contributed by atoms with Gasteiger partial charge in [-0.25, -0.2) is 9.59 Å². The van der Waals surface area contributed by atoms with Crippen molar-refractivity contribution in [2.75, 3.05) is 22.9 Å². The Hall–Kier alpha value is -6.76. The molecule has 4 aromatic rings. The summed E-state index contributed by atoms with van der Waals surface area (Å²) in [7, 11) is 0. The van der Waals surface area contributed by atoms with Crippen molar-refractivity contribution in [3.05, 3.63) is 130 Å². The van der Waals surface area contributed by atoms with Crippen molar-refractivity contribution >= 4 is 58.6 Å². The lowest BCUT2D eigenvalue weighted by Gasteiger charge is -2.17. The molecular formula is C40H35N5O8. The van der Waals surface area contributed by atoms with Crippen LogP contribution in [0.5, 0.6) is 0 Å². The van der Waals surface area contributed by atoms with Crippen molar-refractivity contribution in [2.24, 2.45) is 9.98 Å². The van der Waals surface area contributed by atoms with Gasteiger partial charge in [-0.15, -0.1) is 5.06 Å². The fourth-order valence-corrected chi connectivity index (χ4v) is 6.28. The zero-order valence-electron chi connectivity index (χ0n) is 29.0. The molecule has 1 saturated heterocycles. The highest BCUT2D eigenvalue weighted by molar-refractivity contribution is 6.14. The van der Waals surface area contributed by atoms with Crippen LogP contribution in [0.15, 0.2) is 107 Å². The number of fused-ring (bicyclic) bond motifs is 2. The zero-order valence-corrected chi connectivity index (χ0v) is 29.0. The lowest BCUT2D eigenvalue weighted by molar-refractivity contribution is -0.172. The van der Waals surface area contributed by atoms with E-state index in [4.69, 9.17) is 9.94 Å². The maximum atomic E-state index is 12.8. The molecule has 0 radical (unpaired) electrons. The molecule has 1 fully saturated rings. The van der Waals surface area contributed by atoms with E-state index in [-0.39, 0.29) is 35.1 Å². The highest BCUT2D eigenvalue weighted by Crippen LogP contribution is 2.30. The van der Waals surface area contributed by atoms with Crippen LogP contribution in [0.3, 0.4) is 0 Å². The van der Waals surface area contributed by atoms with Crippen molar-refractivity contribution in [2.45, 2.75) is 39.5 Å². The van der Waals surface area contributed by atoms with Gasteiger partial charge in [-0.2, -0.15) is 9.98 Å². The summed E-state index contributed by atoms with van der Waals surface area (Å²) in [5.74, 6) is -2.64. The number of hydroxylamine groups is 2. The van der Waals surface area contributed by atoms with Gasteiger partial charge in [0.15, 0.2) is 0 Å². The van der Waals surface area contributed by atoms with Gasteiger partial charge in [0.1, 0.15) is 11.7 Å². The average Bonchev–Trinajstić information content (AvgIpc) is 3.82. The number of nitrogens with zero attached hydrogens (tertiary/aromatic N) is 5. The van der Waals surface area contributed by atoms with Crippen LogP contribution >= 0.6 is 0 Å². The number of carboxylic acids is 1. The number of anilines is 2. The van der Waals surface area contributed by atoms with Crippen LogP contribution in [-0.4, -0.2) is 70.5 Å². The summed E-state index contributed by atoms with van der Waals surface area (Å²) in [5, 5.41) is 9.50. The molecule has 13 heteroatoms. The summed E-state index contributed by atoms with van der Waals surface area (Å²) in [5.41, 5.74) is 4.97. The predicted octanol–water partition coefficient (Wildman–Crippen LogP) is 5.53. The molecule has 4 amide bonds. The second-order valence-electron chi connectivity index (χ2n) is 12.2. The van der Waals surface area contributed by atoms with Crippen molar-refractivity contribution in [1.29, 1.82) is 0 Å². The molecule has 0 atom stereocenters. The Labute approximate surface area is 304 Å². The number of carbonyl (C=O) groups excluding carboxylic acids is 5. The number of para-hydroxylation sites is 2. The largest absolute Gasteiger partial charge is 0.478 e. The number of amidine groups is 2. The predicted molar refractivity (Wildman–Crippen MR) is 196 cm³/mol. The number of rotatable bonds is 7. The zero-order chi connectivity index (χ0) is 37.6. The molecule has 0 unspecified atom stereocenters. The van der Waals surface area contributed by atoms with Crippen molar-refractivity contribution in [3.8, 4) is 0 Å². The summed E-state index contributed by atoms with van der Waals surface area (Å²) in [6, 6.07) is 27.7. The van der Waals surface area contributed by atoms with Gasteiger partial charge < -0.3 is 19.7 Å². The first kappa shape index (κ1) is 36.0. The van der Waals surface area contributed by atoms with Crippen LogP contribution in [0.1, 0.15) is 79.2 Å². The number of aliphatic imine (C=N–C) groups is 2. The summed E-state index contributed by atoms with van der Waals surface area (Å²) in [6.45, 7) is 5.39. The fourth-order valence-electron chi connectivity index (χ4n) is 6.28. The van der Waals surface area contributed by atoms with Crippen molar-refractivity contribution in [1.82, 2.24) is 5.06 Å². The summed E-state index contributed by atoms with van der Waals surface area (Å²) < 4.78 is 0. The number of likely N-dealkylation sites (N-methyl/N-ethyl adjacent to an activating group) is 2. The average molecular weight is 714 g/mol. The Morgan fingerprint density at radius 2 is 1.06 bits per heavy atom. The molecule has 13 nitrogen and oxygen atoms in total. The Kier molecular flexibility index (Phi) is 10.6. The van der Waals surface area contributed by atoms with Crippen LogP contribution in [0.2, 0.25) is 0 Å². The number of amides is 4. The van der Waals surface area contributed by atoms with Gasteiger partial charge >= 0.3 is 11.9 Å². The van der Waals surface area contributed by atoms with E-state index >= 15 is 0 Å². The third kappa shape index (κ3) is 7.78. The first-order valence-corrected chi connectivity index (χ1v) is 17.0. The van der Waals surface area contributed by atoms with E-state index in [0.29, 0.717) is 36.1 Å². The maximum Gasteiger partial charge on any atom is 0.363 e. The van der Waals surface area contributed by atoms with Gasteiger partial charge in [0.2, 0.25) is 0 Å². The molecule has 4 aromatic carbocycles. The fraction of sp³-hybridized carbons (Fsp3) is 0.200. The number of imide groups is 1. The smallest absolute Gasteiger partial charge is 0.363 e. The molecule has 3 aliphatic rings.